The molecule has 0 saturated carbocycles. The highest BCUT2D eigenvalue weighted by atomic mass is 16.3. The van der Waals surface area contributed by atoms with Crippen LogP contribution in [0.1, 0.15) is 25.4 Å². The summed E-state index contributed by atoms with van der Waals surface area (Å²) < 4.78 is 5.64. The van der Waals surface area contributed by atoms with Crippen molar-refractivity contribution in [3.05, 3.63) is 23.7 Å². The lowest BCUT2D eigenvalue weighted by molar-refractivity contribution is 0.354. The molecule has 1 aromatic heterocycles. The highest BCUT2D eigenvalue weighted by Gasteiger charge is 2.23. The van der Waals surface area contributed by atoms with Crippen LogP contribution < -0.4 is 16.8 Å². The van der Waals surface area contributed by atoms with Gasteiger partial charge in [0.15, 0.2) is 0 Å². The summed E-state index contributed by atoms with van der Waals surface area (Å²) >= 11 is 0. The molecule has 1 atom stereocenters. The molecule has 1 unspecified atom stereocenters. The van der Waals surface area contributed by atoms with Crippen LogP contribution in [0.2, 0.25) is 0 Å². The monoisotopic (exact) mass is 225 g/mol. The van der Waals surface area contributed by atoms with E-state index in [1.54, 1.807) is 0 Å². The minimum atomic E-state index is -0.0252. The molecule has 0 saturated heterocycles. The van der Waals surface area contributed by atoms with E-state index in [1.807, 2.05) is 19.1 Å². The quantitative estimate of drug-likeness (QED) is 0.667. The molecule has 4 nitrogen and oxygen atoms in total. The molecular weight excluding hydrogens is 202 g/mol. The summed E-state index contributed by atoms with van der Waals surface area (Å²) in [6, 6.07) is 4.04. The topological polar surface area (TPSA) is 77.2 Å². The number of hydrogen-bond donors (Lipinski definition) is 3. The Morgan fingerprint density at radius 2 is 2.12 bits per heavy atom. The van der Waals surface area contributed by atoms with E-state index in [2.05, 4.69) is 19.2 Å². The van der Waals surface area contributed by atoms with Crippen LogP contribution in [0.3, 0.4) is 0 Å². The molecule has 1 rings (SSSR count). The van der Waals surface area contributed by atoms with E-state index in [4.69, 9.17) is 15.9 Å². The van der Waals surface area contributed by atoms with Crippen LogP contribution in [0, 0.1) is 6.92 Å². The highest BCUT2D eigenvalue weighted by molar-refractivity contribution is 5.15. The lowest BCUT2D eigenvalue weighted by Gasteiger charge is -2.23. The van der Waals surface area contributed by atoms with Crippen molar-refractivity contribution in [2.75, 3.05) is 19.6 Å². The largest absolute Gasteiger partial charge is 0.466 e. The van der Waals surface area contributed by atoms with Crippen molar-refractivity contribution in [1.29, 1.82) is 0 Å². The zero-order chi connectivity index (χ0) is 12.2. The molecular formula is C12H23N3O. The van der Waals surface area contributed by atoms with Gasteiger partial charge in [-0.25, -0.2) is 0 Å². The van der Waals surface area contributed by atoms with Gasteiger partial charge in [-0.1, -0.05) is 13.8 Å². The lowest BCUT2D eigenvalue weighted by Crippen LogP contribution is -2.43. The Hall–Kier alpha value is -0.840. The Bertz CT molecular complexity index is 320. The molecule has 16 heavy (non-hydrogen) atoms. The van der Waals surface area contributed by atoms with Crippen LogP contribution in [0.5, 0.6) is 0 Å². The maximum Gasteiger partial charge on any atom is 0.111 e. The van der Waals surface area contributed by atoms with E-state index in [-0.39, 0.29) is 11.5 Å². The maximum absolute atomic E-state index is 5.73. The van der Waals surface area contributed by atoms with Crippen LogP contribution in [0.15, 0.2) is 16.5 Å². The SMILES string of the molecule is Cc1ccc(C(C)(C)CNCC(N)CN)o1. The van der Waals surface area contributed by atoms with Crippen molar-refractivity contribution < 1.29 is 4.42 Å². The summed E-state index contributed by atoms with van der Waals surface area (Å²) in [5.74, 6) is 1.94. The average Bonchev–Trinajstić information content (AvgIpc) is 2.65. The van der Waals surface area contributed by atoms with Gasteiger partial charge in [0.2, 0.25) is 0 Å². The average molecular weight is 225 g/mol. The van der Waals surface area contributed by atoms with Crippen molar-refractivity contribution in [3.8, 4) is 0 Å². The van der Waals surface area contributed by atoms with Crippen LogP contribution in [0.4, 0.5) is 0 Å². The first kappa shape index (κ1) is 13.2. The van der Waals surface area contributed by atoms with Gasteiger partial charge in [-0.2, -0.15) is 0 Å². The normalized spacial score (nSPS) is 14.1. The Morgan fingerprint density at radius 1 is 1.44 bits per heavy atom. The fourth-order valence-corrected chi connectivity index (χ4v) is 1.54. The van der Waals surface area contributed by atoms with Gasteiger partial charge in [0.25, 0.3) is 0 Å². The number of rotatable bonds is 6. The van der Waals surface area contributed by atoms with Crippen molar-refractivity contribution in [1.82, 2.24) is 5.32 Å². The van der Waals surface area contributed by atoms with Crippen LogP contribution in [-0.2, 0) is 5.41 Å². The van der Waals surface area contributed by atoms with Gasteiger partial charge in [0.1, 0.15) is 11.5 Å². The van der Waals surface area contributed by atoms with Crippen molar-refractivity contribution in [2.24, 2.45) is 11.5 Å². The summed E-state index contributed by atoms with van der Waals surface area (Å²) in [5, 5.41) is 3.32. The molecule has 0 bridgehead atoms. The highest BCUT2D eigenvalue weighted by Crippen LogP contribution is 2.24. The number of nitrogens with two attached hydrogens (primary N) is 2. The summed E-state index contributed by atoms with van der Waals surface area (Å²) in [6.07, 6.45) is 0. The zero-order valence-corrected chi connectivity index (χ0v) is 10.4. The number of furan rings is 1. The second-order valence-electron chi connectivity index (χ2n) is 4.92. The molecule has 0 aromatic carbocycles. The van der Waals surface area contributed by atoms with Gasteiger partial charge < -0.3 is 21.2 Å². The molecule has 0 aliphatic heterocycles. The zero-order valence-electron chi connectivity index (χ0n) is 10.4. The molecule has 1 heterocycles. The van der Waals surface area contributed by atoms with Crippen LogP contribution in [0.25, 0.3) is 0 Å². The van der Waals surface area contributed by atoms with Gasteiger partial charge in [-0.15, -0.1) is 0 Å². The Morgan fingerprint density at radius 3 is 2.62 bits per heavy atom. The number of nitrogens with one attached hydrogen (secondary N) is 1. The van der Waals surface area contributed by atoms with Crippen molar-refractivity contribution in [3.63, 3.8) is 0 Å². The molecule has 5 N–H and O–H groups in total. The first-order chi connectivity index (χ1) is 7.45. The Balaban J connectivity index is 2.46. The van der Waals surface area contributed by atoms with Crippen molar-refractivity contribution >= 4 is 0 Å². The molecule has 1 aromatic rings. The van der Waals surface area contributed by atoms with E-state index in [1.165, 1.54) is 0 Å². The standard InChI is InChI=1S/C12H23N3O/c1-9-4-5-11(16-9)12(2,3)8-15-7-10(14)6-13/h4-5,10,15H,6-8,13-14H2,1-3H3. The lowest BCUT2D eigenvalue weighted by atomic mass is 9.90. The fraction of sp³-hybridized carbons (Fsp3) is 0.667. The fourth-order valence-electron chi connectivity index (χ4n) is 1.54. The number of aryl methyl sites for hydroxylation is 1. The van der Waals surface area contributed by atoms with Crippen LogP contribution >= 0.6 is 0 Å². The molecule has 92 valence electrons. The Labute approximate surface area is 97.4 Å². The summed E-state index contributed by atoms with van der Waals surface area (Å²) in [7, 11) is 0. The first-order valence-electron chi connectivity index (χ1n) is 5.69. The summed E-state index contributed by atoms with van der Waals surface area (Å²) in [6.45, 7) is 8.32. The first-order valence-corrected chi connectivity index (χ1v) is 5.69. The van der Waals surface area contributed by atoms with E-state index in [0.717, 1.165) is 24.6 Å². The predicted octanol–water partition coefficient (Wildman–Crippen LogP) is 0.741. The Kier molecular flexibility index (Phi) is 4.53. The molecule has 4 heteroatoms. The third-order valence-electron chi connectivity index (χ3n) is 2.68. The van der Waals surface area contributed by atoms with E-state index in [0.29, 0.717) is 6.54 Å². The van der Waals surface area contributed by atoms with Crippen LogP contribution in [-0.4, -0.2) is 25.7 Å². The molecule has 0 radical (unpaired) electrons. The third-order valence-corrected chi connectivity index (χ3v) is 2.68. The molecule has 0 fully saturated rings. The van der Waals surface area contributed by atoms with Gasteiger partial charge in [-0.05, 0) is 19.1 Å². The summed E-state index contributed by atoms with van der Waals surface area (Å²) in [4.78, 5) is 0. The van der Waals surface area contributed by atoms with Gasteiger partial charge in [-0.3, -0.25) is 0 Å². The van der Waals surface area contributed by atoms with Gasteiger partial charge >= 0.3 is 0 Å². The molecule has 0 spiro atoms. The minimum absolute atomic E-state index is 0.0223. The van der Waals surface area contributed by atoms with E-state index in [9.17, 15) is 0 Å². The molecule has 0 aliphatic rings. The molecule has 0 aliphatic carbocycles. The second-order valence-corrected chi connectivity index (χ2v) is 4.92. The molecule has 0 amide bonds. The van der Waals surface area contributed by atoms with Gasteiger partial charge in [0.05, 0.1) is 0 Å². The maximum atomic E-state index is 5.73. The van der Waals surface area contributed by atoms with E-state index >= 15 is 0 Å². The van der Waals surface area contributed by atoms with Crippen molar-refractivity contribution in [2.45, 2.75) is 32.2 Å². The predicted molar refractivity (Wildman–Crippen MR) is 66.4 cm³/mol. The summed E-state index contributed by atoms with van der Waals surface area (Å²) in [5.41, 5.74) is 11.2. The van der Waals surface area contributed by atoms with E-state index < -0.39 is 0 Å². The van der Waals surface area contributed by atoms with Gasteiger partial charge in [0, 0.05) is 31.1 Å². The third kappa shape index (κ3) is 3.63. The minimum Gasteiger partial charge on any atom is -0.466 e. The smallest absolute Gasteiger partial charge is 0.111 e. The second kappa shape index (κ2) is 5.48. The number of hydrogen-bond acceptors (Lipinski definition) is 4.